The first-order chi connectivity index (χ1) is 8.57. The molecule has 0 radical (unpaired) electrons. The summed E-state index contributed by atoms with van der Waals surface area (Å²) in [7, 11) is 0.512. The topological polar surface area (TPSA) is 61.8 Å². The van der Waals surface area contributed by atoms with Gasteiger partial charge in [-0.05, 0) is 5.56 Å². The molecule has 6 heteroatoms. The standard InChI is InChI=1S/C12H17O5P/c1-15-12(13)9-11(18(14,16-2)17-3)10-7-5-4-6-8-10/h4-8,11H,9H2,1-3H3/t11-/m0/s1. The Kier molecular flexibility index (Phi) is 5.54. The predicted molar refractivity (Wildman–Crippen MR) is 67.4 cm³/mol. The summed E-state index contributed by atoms with van der Waals surface area (Å²) in [5.41, 5.74) is 0.0519. The van der Waals surface area contributed by atoms with Gasteiger partial charge in [-0.15, -0.1) is 0 Å². The number of hydrogen-bond donors (Lipinski definition) is 0. The van der Waals surface area contributed by atoms with Crippen LogP contribution >= 0.6 is 7.60 Å². The quantitative estimate of drug-likeness (QED) is 0.588. The van der Waals surface area contributed by atoms with Crippen LogP contribution in [0.1, 0.15) is 17.6 Å². The molecule has 0 saturated carbocycles. The number of ether oxygens (including phenoxy) is 1. The van der Waals surface area contributed by atoms with Crippen molar-refractivity contribution in [3.05, 3.63) is 35.9 Å². The Labute approximate surface area is 107 Å². The highest BCUT2D eigenvalue weighted by atomic mass is 31.2. The van der Waals surface area contributed by atoms with Gasteiger partial charge in [-0.2, -0.15) is 0 Å². The molecular weight excluding hydrogens is 255 g/mol. The Morgan fingerprint density at radius 3 is 2.17 bits per heavy atom. The zero-order chi connectivity index (χ0) is 13.6. The molecule has 100 valence electrons. The van der Waals surface area contributed by atoms with Crippen molar-refractivity contribution in [1.29, 1.82) is 0 Å². The van der Waals surface area contributed by atoms with Crippen LogP contribution < -0.4 is 0 Å². The van der Waals surface area contributed by atoms with E-state index in [0.29, 0.717) is 0 Å². The highest BCUT2D eigenvalue weighted by molar-refractivity contribution is 7.54. The smallest absolute Gasteiger partial charge is 0.338 e. The van der Waals surface area contributed by atoms with Gasteiger partial charge in [-0.3, -0.25) is 9.36 Å². The van der Waals surface area contributed by atoms with Crippen LogP contribution in [-0.4, -0.2) is 27.3 Å². The van der Waals surface area contributed by atoms with E-state index in [1.54, 1.807) is 24.3 Å². The number of esters is 1. The fourth-order valence-corrected chi connectivity index (χ4v) is 3.23. The number of carbonyl (C=O) groups is 1. The molecule has 0 fully saturated rings. The first kappa shape index (κ1) is 14.9. The summed E-state index contributed by atoms with van der Waals surface area (Å²) in [5.74, 6) is -0.460. The second-order valence-corrected chi connectivity index (χ2v) is 6.05. The maximum absolute atomic E-state index is 12.5. The Hall–Kier alpha value is -1.16. The van der Waals surface area contributed by atoms with Gasteiger partial charge in [-0.1, -0.05) is 30.3 Å². The van der Waals surface area contributed by atoms with E-state index in [-0.39, 0.29) is 6.42 Å². The predicted octanol–water partition coefficient (Wildman–Crippen LogP) is 2.78. The number of methoxy groups -OCH3 is 1. The van der Waals surface area contributed by atoms with Crippen LogP contribution in [0.4, 0.5) is 0 Å². The minimum Gasteiger partial charge on any atom is -0.469 e. The van der Waals surface area contributed by atoms with Gasteiger partial charge >= 0.3 is 13.6 Å². The highest BCUT2D eigenvalue weighted by Gasteiger charge is 2.37. The molecule has 1 aromatic carbocycles. The van der Waals surface area contributed by atoms with Crippen molar-refractivity contribution in [3.8, 4) is 0 Å². The number of hydrogen-bond acceptors (Lipinski definition) is 5. The normalized spacial score (nSPS) is 13.1. The monoisotopic (exact) mass is 272 g/mol. The summed E-state index contributed by atoms with van der Waals surface area (Å²) in [5, 5.41) is 0. The van der Waals surface area contributed by atoms with Gasteiger partial charge in [0.2, 0.25) is 0 Å². The summed E-state index contributed by atoms with van der Waals surface area (Å²) in [6.07, 6.45) is -0.0561. The molecule has 18 heavy (non-hydrogen) atoms. The minimum atomic E-state index is -3.38. The van der Waals surface area contributed by atoms with E-state index in [1.807, 2.05) is 6.07 Å². The zero-order valence-electron chi connectivity index (χ0n) is 10.7. The van der Waals surface area contributed by atoms with Gasteiger partial charge in [-0.25, -0.2) is 0 Å². The van der Waals surface area contributed by atoms with E-state index in [2.05, 4.69) is 4.74 Å². The van der Waals surface area contributed by atoms with Crippen molar-refractivity contribution < 1.29 is 23.1 Å². The van der Waals surface area contributed by atoms with Crippen molar-refractivity contribution in [3.63, 3.8) is 0 Å². The van der Waals surface area contributed by atoms with Crippen molar-refractivity contribution in [2.24, 2.45) is 0 Å². The molecule has 0 aromatic heterocycles. The molecule has 0 aliphatic carbocycles. The third-order valence-corrected chi connectivity index (χ3v) is 4.92. The van der Waals surface area contributed by atoms with E-state index in [0.717, 1.165) is 5.56 Å². The molecule has 1 rings (SSSR count). The summed E-state index contributed by atoms with van der Waals surface area (Å²) in [4.78, 5) is 11.4. The van der Waals surface area contributed by atoms with Crippen LogP contribution in [0, 0.1) is 0 Å². The molecule has 0 N–H and O–H groups in total. The van der Waals surface area contributed by atoms with Gasteiger partial charge in [0.05, 0.1) is 19.2 Å². The molecule has 0 bridgehead atoms. The van der Waals surface area contributed by atoms with Gasteiger partial charge in [0.1, 0.15) is 0 Å². The van der Waals surface area contributed by atoms with Crippen LogP contribution in [0.5, 0.6) is 0 Å². The summed E-state index contributed by atoms with van der Waals surface area (Å²) < 4.78 is 27.0. The summed E-state index contributed by atoms with van der Waals surface area (Å²) >= 11 is 0. The fourth-order valence-electron chi connectivity index (χ4n) is 1.66. The maximum atomic E-state index is 12.5. The van der Waals surface area contributed by atoms with Crippen LogP contribution in [0.2, 0.25) is 0 Å². The Morgan fingerprint density at radius 1 is 1.17 bits per heavy atom. The molecule has 0 spiro atoms. The fraction of sp³-hybridized carbons (Fsp3) is 0.417. The van der Waals surface area contributed by atoms with Gasteiger partial charge < -0.3 is 13.8 Å². The SMILES string of the molecule is COC(=O)C[C@@H](c1ccccc1)P(=O)(OC)OC. The van der Waals surface area contributed by atoms with Gasteiger partial charge in [0.15, 0.2) is 0 Å². The van der Waals surface area contributed by atoms with Crippen molar-refractivity contribution in [1.82, 2.24) is 0 Å². The van der Waals surface area contributed by atoms with E-state index >= 15 is 0 Å². The Balaban J connectivity index is 3.10. The first-order valence-electron chi connectivity index (χ1n) is 5.40. The minimum absolute atomic E-state index is 0.0561. The summed E-state index contributed by atoms with van der Waals surface area (Å²) in [6.45, 7) is 0. The van der Waals surface area contributed by atoms with Gasteiger partial charge in [0.25, 0.3) is 0 Å². The molecule has 0 heterocycles. The zero-order valence-corrected chi connectivity index (χ0v) is 11.6. The third-order valence-electron chi connectivity index (χ3n) is 2.66. The number of carbonyl (C=O) groups excluding carboxylic acids is 1. The molecule has 0 aliphatic heterocycles. The third kappa shape index (κ3) is 3.42. The molecule has 0 unspecified atom stereocenters. The largest absolute Gasteiger partial charge is 0.469 e. The second-order valence-electron chi connectivity index (χ2n) is 3.61. The first-order valence-corrected chi connectivity index (χ1v) is 7.01. The van der Waals surface area contributed by atoms with Crippen LogP contribution in [0.15, 0.2) is 30.3 Å². The Morgan fingerprint density at radius 2 is 1.72 bits per heavy atom. The Bertz CT molecular complexity index is 423. The number of benzene rings is 1. The lowest BCUT2D eigenvalue weighted by Crippen LogP contribution is -2.11. The molecule has 0 aliphatic rings. The van der Waals surface area contributed by atoms with Gasteiger partial charge in [0, 0.05) is 14.2 Å². The highest BCUT2D eigenvalue weighted by Crippen LogP contribution is 2.61. The lowest BCUT2D eigenvalue weighted by molar-refractivity contribution is -0.140. The average Bonchev–Trinajstić information content (AvgIpc) is 2.44. The van der Waals surface area contributed by atoms with Crippen LogP contribution in [-0.2, 0) is 23.1 Å². The molecule has 0 saturated heterocycles. The molecular formula is C12H17O5P. The lowest BCUT2D eigenvalue weighted by atomic mass is 10.1. The maximum Gasteiger partial charge on any atom is 0.338 e. The molecule has 1 aromatic rings. The van der Waals surface area contributed by atoms with Crippen molar-refractivity contribution in [2.75, 3.05) is 21.3 Å². The van der Waals surface area contributed by atoms with Crippen LogP contribution in [0.3, 0.4) is 0 Å². The molecule has 5 nitrogen and oxygen atoms in total. The average molecular weight is 272 g/mol. The number of rotatable bonds is 6. The van der Waals surface area contributed by atoms with E-state index in [4.69, 9.17) is 9.05 Å². The molecule has 0 amide bonds. The van der Waals surface area contributed by atoms with E-state index in [1.165, 1.54) is 21.3 Å². The molecule has 1 atom stereocenters. The van der Waals surface area contributed by atoms with E-state index < -0.39 is 19.2 Å². The second kappa shape index (κ2) is 6.69. The van der Waals surface area contributed by atoms with Crippen molar-refractivity contribution in [2.45, 2.75) is 12.1 Å². The lowest BCUT2D eigenvalue weighted by Gasteiger charge is -2.23. The van der Waals surface area contributed by atoms with Crippen LogP contribution in [0.25, 0.3) is 0 Å². The van der Waals surface area contributed by atoms with E-state index in [9.17, 15) is 9.36 Å². The van der Waals surface area contributed by atoms with Crippen molar-refractivity contribution >= 4 is 13.6 Å². The summed E-state index contributed by atoms with van der Waals surface area (Å²) in [6, 6.07) is 8.99.